The fourth-order valence-corrected chi connectivity index (χ4v) is 3.65. The van der Waals surface area contributed by atoms with Crippen molar-refractivity contribution in [1.29, 1.82) is 0 Å². The Kier molecular flexibility index (Phi) is 6.72. The van der Waals surface area contributed by atoms with E-state index in [1.807, 2.05) is 24.3 Å². The first-order chi connectivity index (χ1) is 12.7. The molecular weight excluding hydrogens is 334 g/mol. The number of nitrogens with one attached hydrogen (secondary N) is 1. The number of benzene rings is 2. The van der Waals surface area contributed by atoms with Crippen LogP contribution >= 0.6 is 0 Å². The summed E-state index contributed by atoms with van der Waals surface area (Å²) in [4.78, 5) is 2.36. The summed E-state index contributed by atoms with van der Waals surface area (Å²) in [6.45, 7) is 3.84. The topological polar surface area (TPSA) is 35.5 Å². The summed E-state index contributed by atoms with van der Waals surface area (Å²) in [6.07, 6.45) is 1.89. The molecule has 0 aromatic heterocycles. The molecule has 0 bridgehead atoms. The van der Waals surface area contributed by atoms with E-state index in [-0.39, 0.29) is 30.2 Å². The average molecular weight is 360 g/mol. The highest BCUT2D eigenvalue weighted by molar-refractivity contribution is 5.32. The van der Waals surface area contributed by atoms with E-state index in [0.29, 0.717) is 0 Å². The zero-order chi connectivity index (χ0) is 18.4. The Morgan fingerprint density at radius 1 is 1.00 bits per heavy atom. The van der Waals surface area contributed by atoms with Gasteiger partial charge < -0.3 is 15.3 Å². The highest BCUT2D eigenvalue weighted by Crippen LogP contribution is 2.29. The van der Waals surface area contributed by atoms with Crippen LogP contribution in [0.15, 0.2) is 48.5 Å². The Bertz CT molecular complexity index is 630. The summed E-state index contributed by atoms with van der Waals surface area (Å²) in [5.41, 5.74) is 2.10. The van der Waals surface area contributed by atoms with Crippen LogP contribution in [0.2, 0.25) is 0 Å². The zero-order valence-corrected chi connectivity index (χ0v) is 14.9. The normalized spacial score (nSPS) is 18.4. The summed E-state index contributed by atoms with van der Waals surface area (Å²) in [7, 11) is 0. The smallest absolute Gasteiger partial charge is 0.123 e. The first-order valence-electron chi connectivity index (χ1n) is 9.23. The molecule has 0 amide bonds. The van der Waals surface area contributed by atoms with Crippen LogP contribution in [0.25, 0.3) is 0 Å². The lowest BCUT2D eigenvalue weighted by Gasteiger charge is -2.33. The van der Waals surface area contributed by atoms with Crippen molar-refractivity contribution in [2.24, 2.45) is 0 Å². The van der Waals surface area contributed by atoms with Crippen molar-refractivity contribution in [1.82, 2.24) is 10.2 Å². The van der Waals surface area contributed by atoms with Gasteiger partial charge in [-0.3, -0.25) is 0 Å². The summed E-state index contributed by atoms with van der Waals surface area (Å²) in [5, 5.41) is 12.6. The van der Waals surface area contributed by atoms with Crippen LogP contribution in [-0.2, 0) is 0 Å². The van der Waals surface area contributed by atoms with Gasteiger partial charge in [-0.1, -0.05) is 24.3 Å². The molecule has 1 atom stereocenters. The number of hydrogen-bond acceptors (Lipinski definition) is 3. The number of aliphatic hydroxyl groups excluding tert-OH is 1. The van der Waals surface area contributed by atoms with E-state index in [1.165, 1.54) is 24.3 Å². The van der Waals surface area contributed by atoms with Gasteiger partial charge in [-0.15, -0.1) is 0 Å². The van der Waals surface area contributed by atoms with Crippen molar-refractivity contribution in [2.45, 2.75) is 24.8 Å². The number of hydrogen-bond donors (Lipinski definition) is 2. The minimum absolute atomic E-state index is 0.118. The molecule has 1 unspecified atom stereocenters. The molecule has 0 spiro atoms. The summed E-state index contributed by atoms with van der Waals surface area (Å²) >= 11 is 0. The van der Waals surface area contributed by atoms with Crippen molar-refractivity contribution < 1.29 is 13.9 Å². The van der Waals surface area contributed by atoms with Crippen molar-refractivity contribution in [3.63, 3.8) is 0 Å². The molecule has 1 aliphatic heterocycles. The van der Waals surface area contributed by atoms with E-state index in [2.05, 4.69) is 10.2 Å². The molecule has 1 aliphatic rings. The van der Waals surface area contributed by atoms with Crippen molar-refractivity contribution in [3.8, 4) is 0 Å². The van der Waals surface area contributed by atoms with E-state index in [4.69, 9.17) is 0 Å². The third kappa shape index (κ3) is 5.10. The highest BCUT2D eigenvalue weighted by atomic mass is 19.1. The maximum Gasteiger partial charge on any atom is 0.123 e. The maximum atomic E-state index is 13.3. The van der Waals surface area contributed by atoms with Crippen LogP contribution < -0.4 is 5.32 Å². The molecule has 26 heavy (non-hydrogen) atoms. The van der Waals surface area contributed by atoms with Crippen molar-refractivity contribution in [2.75, 3.05) is 32.8 Å². The molecule has 2 aromatic carbocycles. The second-order valence-electron chi connectivity index (χ2n) is 6.93. The molecule has 0 saturated carbocycles. The minimum atomic E-state index is -0.248. The quantitative estimate of drug-likeness (QED) is 0.796. The number of piperazine rings is 1. The average Bonchev–Trinajstić information content (AvgIpc) is 2.67. The molecule has 2 N–H and O–H groups in total. The number of rotatable bonds is 7. The number of nitrogens with zero attached hydrogens (tertiary/aromatic N) is 1. The zero-order valence-electron chi connectivity index (χ0n) is 14.9. The monoisotopic (exact) mass is 360 g/mol. The molecule has 2 aromatic rings. The van der Waals surface area contributed by atoms with Crippen LogP contribution in [0.4, 0.5) is 8.78 Å². The molecule has 3 rings (SSSR count). The van der Waals surface area contributed by atoms with Gasteiger partial charge in [0.15, 0.2) is 0 Å². The third-order valence-corrected chi connectivity index (χ3v) is 5.07. The first-order valence-corrected chi connectivity index (χ1v) is 9.23. The Balaban J connectivity index is 1.66. The molecule has 0 aliphatic carbocycles. The van der Waals surface area contributed by atoms with Crippen LogP contribution in [0.1, 0.15) is 29.9 Å². The summed E-state index contributed by atoms with van der Waals surface area (Å²) in [6, 6.07) is 13.3. The van der Waals surface area contributed by atoms with E-state index in [0.717, 1.165) is 50.1 Å². The summed E-state index contributed by atoms with van der Waals surface area (Å²) in [5.74, 6) is -0.377. The van der Waals surface area contributed by atoms with E-state index < -0.39 is 0 Å². The predicted octanol–water partition coefficient (Wildman–Crippen LogP) is 3.14. The van der Waals surface area contributed by atoms with Gasteiger partial charge in [0.25, 0.3) is 0 Å². The fraction of sp³-hybridized carbons (Fsp3) is 0.429. The molecule has 5 heteroatoms. The van der Waals surface area contributed by atoms with Gasteiger partial charge in [0.2, 0.25) is 0 Å². The molecule has 3 nitrogen and oxygen atoms in total. The van der Waals surface area contributed by atoms with Crippen molar-refractivity contribution >= 4 is 0 Å². The number of aliphatic hydroxyl groups is 1. The Morgan fingerprint density at radius 2 is 1.58 bits per heavy atom. The first kappa shape index (κ1) is 19.0. The van der Waals surface area contributed by atoms with Gasteiger partial charge in [-0.2, -0.15) is 0 Å². The largest absolute Gasteiger partial charge is 0.395 e. The standard InChI is InChI=1S/C21H26F2N2O/c22-18-7-3-16(4-8-18)21(17-5-9-19(23)10-6-17)2-1-12-25-13-11-24-20(14-25)15-26/h3-10,20-21,24,26H,1-2,11-15H2. The van der Waals surface area contributed by atoms with E-state index >= 15 is 0 Å². The lowest BCUT2D eigenvalue weighted by atomic mass is 9.87. The van der Waals surface area contributed by atoms with Gasteiger partial charge in [0, 0.05) is 31.6 Å². The molecule has 0 radical (unpaired) electrons. The minimum Gasteiger partial charge on any atom is -0.395 e. The van der Waals surface area contributed by atoms with Crippen LogP contribution in [0.3, 0.4) is 0 Å². The molecule has 1 fully saturated rings. The second-order valence-corrected chi connectivity index (χ2v) is 6.93. The molecule has 1 heterocycles. The van der Waals surface area contributed by atoms with Gasteiger partial charge in [-0.05, 0) is 54.8 Å². The number of halogens is 2. The predicted molar refractivity (Wildman–Crippen MR) is 99.2 cm³/mol. The Labute approximate surface area is 153 Å². The molecule has 140 valence electrons. The molecular formula is C21H26F2N2O. The summed E-state index contributed by atoms with van der Waals surface area (Å²) < 4.78 is 26.6. The van der Waals surface area contributed by atoms with Gasteiger partial charge >= 0.3 is 0 Å². The lowest BCUT2D eigenvalue weighted by Crippen LogP contribution is -2.52. The van der Waals surface area contributed by atoms with Gasteiger partial charge in [-0.25, -0.2) is 8.78 Å². The SMILES string of the molecule is OCC1CN(CCCC(c2ccc(F)cc2)c2ccc(F)cc2)CCN1. The van der Waals surface area contributed by atoms with E-state index in [9.17, 15) is 13.9 Å². The highest BCUT2D eigenvalue weighted by Gasteiger charge is 2.19. The van der Waals surface area contributed by atoms with Crippen LogP contribution in [0.5, 0.6) is 0 Å². The lowest BCUT2D eigenvalue weighted by molar-refractivity contribution is 0.146. The fourth-order valence-electron chi connectivity index (χ4n) is 3.65. The van der Waals surface area contributed by atoms with E-state index in [1.54, 1.807) is 0 Å². The second kappa shape index (κ2) is 9.21. The Hall–Kier alpha value is -1.82. The third-order valence-electron chi connectivity index (χ3n) is 5.07. The van der Waals surface area contributed by atoms with Gasteiger partial charge in [0.05, 0.1) is 6.61 Å². The van der Waals surface area contributed by atoms with Crippen LogP contribution in [-0.4, -0.2) is 48.8 Å². The van der Waals surface area contributed by atoms with Gasteiger partial charge in [0.1, 0.15) is 11.6 Å². The Morgan fingerprint density at radius 3 is 2.12 bits per heavy atom. The maximum absolute atomic E-state index is 13.3. The van der Waals surface area contributed by atoms with Crippen LogP contribution in [0, 0.1) is 11.6 Å². The van der Waals surface area contributed by atoms with Crippen molar-refractivity contribution in [3.05, 3.63) is 71.3 Å². The molecule has 1 saturated heterocycles.